The fourth-order valence-corrected chi connectivity index (χ4v) is 3.69. The van der Waals surface area contributed by atoms with Crippen molar-refractivity contribution >= 4 is 16.9 Å². The predicted molar refractivity (Wildman–Crippen MR) is 89.7 cm³/mol. The van der Waals surface area contributed by atoms with Crippen molar-refractivity contribution < 1.29 is 13.6 Å². The number of alkyl halides is 1. The molecule has 25 heavy (non-hydrogen) atoms. The van der Waals surface area contributed by atoms with E-state index in [4.69, 9.17) is 4.42 Å². The number of aromatic nitrogens is 2. The Balaban J connectivity index is 1.59. The summed E-state index contributed by atoms with van der Waals surface area (Å²) in [4.78, 5) is 21.9. The number of para-hydroxylation sites is 1. The van der Waals surface area contributed by atoms with E-state index >= 15 is 0 Å². The maximum absolute atomic E-state index is 14.5. The van der Waals surface area contributed by atoms with Gasteiger partial charge in [-0.15, -0.1) is 0 Å². The molecule has 3 aromatic rings. The van der Waals surface area contributed by atoms with Gasteiger partial charge in [-0.1, -0.05) is 18.2 Å². The molecule has 128 valence electrons. The summed E-state index contributed by atoms with van der Waals surface area (Å²) in [6.07, 6.45) is 2.44. The Hall–Kier alpha value is -2.63. The average molecular weight is 339 g/mol. The van der Waals surface area contributed by atoms with E-state index in [0.29, 0.717) is 18.7 Å². The van der Waals surface area contributed by atoms with Crippen molar-refractivity contribution in [3.63, 3.8) is 0 Å². The molecule has 1 aliphatic carbocycles. The Morgan fingerprint density at radius 3 is 3.00 bits per heavy atom. The van der Waals surface area contributed by atoms with Crippen molar-refractivity contribution in [1.29, 1.82) is 0 Å². The van der Waals surface area contributed by atoms with E-state index in [9.17, 15) is 9.18 Å². The quantitative estimate of drug-likeness (QED) is 0.796. The van der Waals surface area contributed by atoms with Gasteiger partial charge in [0.2, 0.25) is 0 Å². The largest absolute Gasteiger partial charge is 0.458 e. The number of H-pyrrole nitrogens is 1. The number of carbonyl (C=O) groups is 1. The third-order valence-corrected chi connectivity index (χ3v) is 5.19. The van der Waals surface area contributed by atoms with E-state index in [1.165, 1.54) is 0 Å². The lowest BCUT2D eigenvalue weighted by Crippen LogP contribution is -2.45. The van der Waals surface area contributed by atoms with Crippen molar-refractivity contribution in [3.05, 3.63) is 53.8 Å². The van der Waals surface area contributed by atoms with Crippen LogP contribution in [-0.2, 0) is 11.2 Å². The van der Waals surface area contributed by atoms with Gasteiger partial charge in [0.25, 0.3) is 5.91 Å². The first kappa shape index (κ1) is 14.7. The fourth-order valence-electron chi connectivity index (χ4n) is 3.69. The third kappa shape index (κ3) is 2.35. The molecule has 1 aliphatic heterocycles. The molecule has 1 unspecified atom stereocenters. The van der Waals surface area contributed by atoms with Gasteiger partial charge in [-0.25, -0.2) is 9.37 Å². The third-order valence-electron chi connectivity index (χ3n) is 5.19. The number of hydrogen-bond donors (Lipinski definition) is 1. The van der Waals surface area contributed by atoms with Gasteiger partial charge in [0, 0.05) is 24.0 Å². The van der Waals surface area contributed by atoms with Gasteiger partial charge in [0.1, 0.15) is 17.4 Å². The highest BCUT2D eigenvalue weighted by Gasteiger charge is 2.43. The highest BCUT2D eigenvalue weighted by Crippen LogP contribution is 2.40. The molecule has 5 rings (SSSR count). The number of furan rings is 1. The van der Waals surface area contributed by atoms with Crippen LogP contribution < -0.4 is 0 Å². The summed E-state index contributed by atoms with van der Waals surface area (Å²) in [6, 6.07) is 9.15. The zero-order valence-electron chi connectivity index (χ0n) is 13.6. The Kier molecular flexibility index (Phi) is 3.20. The molecule has 1 saturated carbocycles. The number of rotatable bonds is 3. The molecular weight excluding hydrogens is 321 g/mol. The van der Waals surface area contributed by atoms with Crippen molar-refractivity contribution in [2.45, 2.75) is 31.5 Å². The number of nitrogens with one attached hydrogen (secondary N) is 1. The standard InChI is InChI=1S/C19H18FN3O2/c20-16(11-5-6-11)19(24)23-8-7-13-17(22-10-21-13)18(23)15-9-12-3-1-2-4-14(12)25-15/h1-4,9-11,16,18H,5-8H2,(H,21,22)/t16?,18-/m1/s1. The Bertz CT molecular complexity index is 910. The molecule has 3 heterocycles. The highest BCUT2D eigenvalue weighted by molar-refractivity contribution is 5.83. The first-order valence-electron chi connectivity index (χ1n) is 8.67. The van der Waals surface area contributed by atoms with Crippen molar-refractivity contribution in [1.82, 2.24) is 14.9 Å². The smallest absolute Gasteiger partial charge is 0.258 e. The second-order valence-corrected chi connectivity index (χ2v) is 6.88. The van der Waals surface area contributed by atoms with Gasteiger partial charge in [-0.2, -0.15) is 0 Å². The lowest BCUT2D eigenvalue weighted by molar-refractivity contribution is -0.139. The summed E-state index contributed by atoms with van der Waals surface area (Å²) in [5.41, 5.74) is 2.49. The molecule has 0 bridgehead atoms. The maximum Gasteiger partial charge on any atom is 0.258 e. The molecule has 1 aromatic carbocycles. The molecule has 6 heteroatoms. The normalized spacial score (nSPS) is 21.3. The highest BCUT2D eigenvalue weighted by atomic mass is 19.1. The lowest BCUT2D eigenvalue weighted by atomic mass is 9.99. The van der Waals surface area contributed by atoms with Crippen LogP contribution in [0, 0.1) is 5.92 Å². The summed E-state index contributed by atoms with van der Waals surface area (Å²) in [7, 11) is 0. The van der Waals surface area contributed by atoms with Gasteiger partial charge in [0.05, 0.1) is 12.0 Å². The van der Waals surface area contributed by atoms with Crippen LogP contribution in [0.4, 0.5) is 4.39 Å². The van der Waals surface area contributed by atoms with Crippen molar-refractivity contribution in [2.75, 3.05) is 6.54 Å². The minimum atomic E-state index is -1.42. The fraction of sp³-hybridized carbons (Fsp3) is 0.368. The molecular formula is C19H18FN3O2. The van der Waals surface area contributed by atoms with Crippen LogP contribution in [0.2, 0.25) is 0 Å². The second kappa shape index (κ2) is 5.44. The Morgan fingerprint density at radius 1 is 1.36 bits per heavy atom. The molecule has 0 saturated heterocycles. The van der Waals surface area contributed by atoms with Gasteiger partial charge in [0.15, 0.2) is 6.17 Å². The number of hydrogen-bond acceptors (Lipinski definition) is 3. The number of carbonyl (C=O) groups excluding carboxylic acids is 1. The summed E-state index contributed by atoms with van der Waals surface area (Å²) >= 11 is 0. The molecule has 1 N–H and O–H groups in total. The van der Waals surface area contributed by atoms with E-state index in [1.54, 1.807) is 11.2 Å². The molecule has 2 aromatic heterocycles. The first-order valence-corrected chi connectivity index (χ1v) is 8.67. The second-order valence-electron chi connectivity index (χ2n) is 6.88. The van der Waals surface area contributed by atoms with Crippen LogP contribution in [0.1, 0.15) is 36.0 Å². The zero-order chi connectivity index (χ0) is 17.0. The van der Waals surface area contributed by atoms with Crippen LogP contribution in [0.15, 0.2) is 41.1 Å². The number of aromatic amines is 1. The van der Waals surface area contributed by atoms with Crippen LogP contribution in [0.5, 0.6) is 0 Å². The van der Waals surface area contributed by atoms with E-state index in [0.717, 1.165) is 35.2 Å². The van der Waals surface area contributed by atoms with Crippen LogP contribution in [0.25, 0.3) is 11.0 Å². The summed E-state index contributed by atoms with van der Waals surface area (Å²) in [6.45, 7) is 0.461. The molecule has 1 fully saturated rings. The summed E-state index contributed by atoms with van der Waals surface area (Å²) in [5.74, 6) is 0.0663. The number of amides is 1. The molecule has 0 spiro atoms. The van der Waals surface area contributed by atoms with Gasteiger partial charge in [-0.05, 0) is 30.9 Å². The molecule has 2 aliphatic rings. The van der Waals surface area contributed by atoms with E-state index in [1.807, 2.05) is 30.3 Å². The summed E-state index contributed by atoms with van der Waals surface area (Å²) < 4.78 is 20.5. The SMILES string of the molecule is O=C(C(F)C1CC1)N1CCc2[nH]cnc2[C@H]1c1cc2ccccc2o1. The van der Waals surface area contributed by atoms with Gasteiger partial charge in [-0.3, -0.25) is 4.79 Å². The van der Waals surface area contributed by atoms with E-state index < -0.39 is 18.1 Å². The average Bonchev–Trinajstić information content (AvgIpc) is 3.22. The molecule has 1 amide bonds. The van der Waals surface area contributed by atoms with Crippen LogP contribution in [-0.4, -0.2) is 33.5 Å². The van der Waals surface area contributed by atoms with Crippen molar-refractivity contribution in [3.8, 4) is 0 Å². The topological polar surface area (TPSA) is 62.1 Å². The number of nitrogens with zero attached hydrogens (tertiary/aromatic N) is 2. The number of fused-ring (bicyclic) bond motifs is 2. The van der Waals surface area contributed by atoms with Crippen molar-refractivity contribution in [2.24, 2.45) is 5.92 Å². The Morgan fingerprint density at radius 2 is 2.20 bits per heavy atom. The predicted octanol–water partition coefficient (Wildman–Crippen LogP) is 3.38. The summed E-state index contributed by atoms with van der Waals surface area (Å²) in [5, 5.41) is 0.964. The number of imidazole rings is 1. The Labute approximate surface area is 143 Å². The molecule has 5 nitrogen and oxygen atoms in total. The maximum atomic E-state index is 14.5. The monoisotopic (exact) mass is 339 g/mol. The van der Waals surface area contributed by atoms with Crippen LogP contribution in [0.3, 0.4) is 0 Å². The number of benzene rings is 1. The molecule has 2 atom stereocenters. The van der Waals surface area contributed by atoms with E-state index in [2.05, 4.69) is 9.97 Å². The minimum absolute atomic E-state index is 0.121. The van der Waals surface area contributed by atoms with Gasteiger partial charge < -0.3 is 14.3 Å². The van der Waals surface area contributed by atoms with Gasteiger partial charge >= 0.3 is 0 Å². The first-order chi connectivity index (χ1) is 12.2. The zero-order valence-corrected chi connectivity index (χ0v) is 13.6. The minimum Gasteiger partial charge on any atom is -0.458 e. The van der Waals surface area contributed by atoms with Crippen LogP contribution >= 0.6 is 0 Å². The number of halogens is 1. The van der Waals surface area contributed by atoms with E-state index in [-0.39, 0.29) is 5.92 Å². The molecule has 0 radical (unpaired) electrons. The lowest BCUT2D eigenvalue weighted by Gasteiger charge is -2.34.